The molecular formula is C13H15N3. The molecule has 3 nitrogen and oxygen atoms in total. The number of aromatic nitrogens is 2. The summed E-state index contributed by atoms with van der Waals surface area (Å²) in [5.41, 5.74) is 3.49. The topological polar surface area (TPSA) is 40.7 Å². The average Bonchev–Trinajstić information content (AvgIpc) is 2.80. The maximum atomic E-state index is 4.47. The lowest BCUT2D eigenvalue weighted by atomic mass is 9.84. The minimum Gasteiger partial charge on any atom is -0.348 e. The summed E-state index contributed by atoms with van der Waals surface area (Å²) < 4.78 is 0. The van der Waals surface area contributed by atoms with E-state index in [1.807, 2.05) is 6.07 Å². The fraction of sp³-hybridized carbons (Fsp3) is 0.308. The number of nitrogens with zero attached hydrogens (tertiary/aromatic N) is 1. The van der Waals surface area contributed by atoms with E-state index in [-0.39, 0.29) is 5.54 Å². The number of imidazole rings is 1. The van der Waals surface area contributed by atoms with Crippen LogP contribution < -0.4 is 5.32 Å². The average molecular weight is 213 g/mol. The van der Waals surface area contributed by atoms with Gasteiger partial charge < -0.3 is 10.3 Å². The molecule has 0 fully saturated rings. The summed E-state index contributed by atoms with van der Waals surface area (Å²) in [5.74, 6) is 0. The van der Waals surface area contributed by atoms with Crippen molar-refractivity contribution in [1.82, 2.24) is 15.3 Å². The monoisotopic (exact) mass is 213 g/mol. The fourth-order valence-corrected chi connectivity index (χ4v) is 2.47. The first-order valence-corrected chi connectivity index (χ1v) is 5.64. The minimum atomic E-state index is -0.158. The highest BCUT2D eigenvalue weighted by Gasteiger charge is 2.35. The lowest BCUT2D eigenvalue weighted by molar-refractivity contribution is 0.403. The van der Waals surface area contributed by atoms with Crippen molar-refractivity contribution < 1.29 is 0 Å². The van der Waals surface area contributed by atoms with E-state index in [9.17, 15) is 0 Å². The molecule has 0 spiro atoms. The van der Waals surface area contributed by atoms with Crippen LogP contribution in [0.15, 0.2) is 36.7 Å². The van der Waals surface area contributed by atoms with E-state index in [2.05, 4.69) is 46.5 Å². The van der Waals surface area contributed by atoms with Crippen molar-refractivity contribution in [3.05, 3.63) is 53.6 Å². The molecule has 1 aromatic heterocycles. The van der Waals surface area contributed by atoms with Gasteiger partial charge in [0.05, 0.1) is 17.6 Å². The molecule has 0 saturated carbocycles. The van der Waals surface area contributed by atoms with E-state index in [1.165, 1.54) is 11.3 Å². The van der Waals surface area contributed by atoms with Crippen LogP contribution in [0.1, 0.15) is 23.9 Å². The zero-order valence-corrected chi connectivity index (χ0v) is 9.33. The van der Waals surface area contributed by atoms with Crippen LogP contribution in [0, 0.1) is 0 Å². The third kappa shape index (κ3) is 1.28. The van der Waals surface area contributed by atoms with Crippen LogP contribution >= 0.6 is 0 Å². The number of H-pyrrole nitrogens is 1. The van der Waals surface area contributed by atoms with Gasteiger partial charge in [-0.15, -0.1) is 0 Å². The van der Waals surface area contributed by atoms with Crippen LogP contribution in [0.4, 0.5) is 0 Å². The Labute approximate surface area is 94.9 Å². The Morgan fingerprint density at radius 1 is 1.25 bits per heavy atom. The predicted octanol–water partition coefficient (Wildman–Crippen LogP) is 1.82. The number of aromatic amines is 1. The molecule has 0 unspecified atom stereocenters. The molecule has 1 aliphatic heterocycles. The summed E-state index contributed by atoms with van der Waals surface area (Å²) in [6, 6.07) is 10.5. The van der Waals surface area contributed by atoms with Crippen molar-refractivity contribution >= 4 is 0 Å². The first-order valence-electron chi connectivity index (χ1n) is 5.64. The summed E-state index contributed by atoms with van der Waals surface area (Å²) in [5, 5.41) is 3.57. The zero-order chi connectivity index (χ0) is 11.0. The molecule has 0 amide bonds. The molecule has 1 atom stereocenters. The van der Waals surface area contributed by atoms with Crippen molar-refractivity contribution in [3.8, 4) is 0 Å². The Morgan fingerprint density at radius 2 is 2.06 bits per heavy atom. The zero-order valence-electron chi connectivity index (χ0n) is 9.33. The molecule has 3 rings (SSSR count). The van der Waals surface area contributed by atoms with Gasteiger partial charge in [-0.3, -0.25) is 0 Å². The van der Waals surface area contributed by atoms with E-state index >= 15 is 0 Å². The number of rotatable bonds is 1. The first kappa shape index (κ1) is 9.60. The Bertz CT molecular complexity index is 489. The van der Waals surface area contributed by atoms with Gasteiger partial charge in [-0.1, -0.05) is 30.3 Å². The number of nitrogens with one attached hydrogen (secondary N) is 2. The van der Waals surface area contributed by atoms with Crippen LogP contribution in [0.25, 0.3) is 0 Å². The number of fused-ring (bicyclic) bond motifs is 1. The van der Waals surface area contributed by atoms with E-state index in [1.54, 1.807) is 6.33 Å². The molecule has 2 heterocycles. The van der Waals surface area contributed by atoms with Gasteiger partial charge in [0.15, 0.2) is 0 Å². The van der Waals surface area contributed by atoms with E-state index in [0.717, 1.165) is 18.7 Å². The summed E-state index contributed by atoms with van der Waals surface area (Å²) >= 11 is 0. The van der Waals surface area contributed by atoms with Crippen LogP contribution in [0.5, 0.6) is 0 Å². The summed E-state index contributed by atoms with van der Waals surface area (Å²) in [6.07, 6.45) is 2.82. The molecule has 0 saturated heterocycles. The van der Waals surface area contributed by atoms with Crippen molar-refractivity contribution in [1.29, 1.82) is 0 Å². The van der Waals surface area contributed by atoms with Crippen molar-refractivity contribution in [3.63, 3.8) is 0 Å². The molecule has 1 aliphatic rings. The lowest BCUT2D eigenvalue weighted by Gasteiger charge is -2.34. The normalized spacial score (nSPS) is 24.1. The quantitative estimate of drug-likeness (QED) is 0.758. The number of benzene rings is 1. The van der Waals surface area contributed by atoms with Crippen molar-refractivity contribution in [2.24, 2.45) is 0 Å². The summed E-state index contributed by atoms with van der Waals surface area (Å²) in [6.45, 7) is 3.18. The number of hydrogen-bond donors (Lipinski definition) is 2. The molecule has 82 valence electrons. The van der Waals surface area contributed by atoms with Gasteiger partial charge in [0.1, 0.15) is 0 Å². The molecule has 2 N–H and O–H groups in total. The maximum absolute atomic E-state index is 4.47. The van der Waals surface area contributed by atoms with Crippen LogP contribution in [0.2, 0.25) is 0 Å². The highest BCUT2D eigenvalue weighted by Crippen LogP contribution is 2.32. The largest absolute Gasteiger partial charge is 0.348 e. The van der Waals surface area contributed by atoms with Gasteiger partial charge in [-0.05, 0) is 12.5 Å². The molecule has 0 bridgehead atoms. The molecule has 16 heavy (non-hydrogen) atoms. The second kappa shape index (κ2) is 3.46. The van der Waals surface area contributed by atoms with Crippen LogP contribution in [-0.2, 0) is 12.0 Å². The summed E-state index contributed by atoms with van der Waals surface area (Å²) in [4.78, 5) is 7.70. The lowest BCUT2D eigenvalue weighted by Crippen LogP contribution is -2.46. The fourth-order valence-electron chi connectivity index (χ4n) is 2.47. The van der Waals surface area contributed by atoms with Crippen molar-refractivity contribution in [2.45, 2.75) is 18.9 Å². The van der Waals surface area contributed by atoms with E-state index < -0.39 is 0 Å². The Morgan fingerprint density at radius 3 is 2.88 bits per heavy atom. The molecule has 0 aliphatic carbocycles. The third-order valence-electron chi connectivity index (χ3n) is 3.40. The van der Waals surface area contributed by atoms with Crippen LogP contribution in [0.3, 0.4) is 0 Å². The highest BCUT2D eigenvalue weighted by molar-refractivity contribution is 5.37. The maximum Gasteiger partial charge on any atom is 0.0926 e. The van der Waals surface area contributed by atoms with Gasteiger partial charge in [-0.25, -0.2) is 4.98 Å². The third-order valence-corrected chi connectivity index (χ3v) is 3.40. The Hall–Kier alpha value is -1.61. The van der Waals surface area contributed by atoms with Gasteiger partial charge >= 0.3 is 0 Å². The van der Waals surface area contributed by atoms with Gasteiger partial charge in [0, 0.05) is 18.7 Å². The minimum absolute atomic E-state index is 0.158. The molecule has 1 aromatic carbocycles. The number of hydrogen-bond acceptors (Lipinski definition) is 2. The standard InChI is InChI=1S/C13H15N3/c1-13(10-5-3-2-4-6-10)12-11(7-8-16-13)14-9-15-12/h2-6,9,16H,7-8H2,1H3,(H,14,15)/t13-/m0/s1. The predicted molar refractivity (Wildman–Crippen MR) is 63.2 cm³/mol. The first-order chi connectivity index (χ1) is 7.81. The second-order valence-corrected chi connectivity index (χ2v) is 4.40. The summed E-state index contributed by atoms with van der Waals surface area (Å²) in [7, 11) is 0. The van der Waals surface area contributed by atoms with Crippen molar-refractivity contribution in [2.75, 3.05) is 6.54 Å². The van der Waals surface area contributed by atoms with Gasteiger partial charge in [-0.2, -0.15) is 0 Å². The molecule has 3 heteroatoms. The SMILES string of the molecule is C[C@@]1(c2ccccc2)NCCc2[nH]cnc21. The molecule has 2 aromatic rings. The molecular weight excluding hydrogens is 198 g/mol. The second-order valence-electron chi connectivity index (χ2n) is 4.40. The Balaban J connectivity index is 2.14. The van der Waals surface area contributed by atoms with Gasteiger partial charge in [0.2, 0.25) is 0 Å². The van der Waals surface area contributed by atoms with Crippen LogP contribution in [-0.4, -0.2) is 16.5 Å². The van der Waals surface area contributed by atoms with E-state index in [4.69, 9.17) is 0 Å². The highest BCUT2D eigenvalue weighted by atomic mass is 15.1. The smallest absolute Gasteiger partial charge is 0.0926 e. The molecule has 0 radical (unpaired) electrons. The van der Waals surface area contributed by atoms with E-state index in [0.29, 0.717) is 0 Å². The Kier molecular flexibility index (Phi) is 2.07. The van der Waals surface area contributed by atoms with Gasteiger partial charge in [0.25, 0.3) is 0 Å².